The van der Waals surface area contributed by atoms with Crippen molar-refractivity contribution >= 4 is 0 Å². The van der Waals surface area contributed by atoms with Crippen LogP contribution in [0.5, 0.6) is 0 Å². The third-order valence-electron chi connectivity index (χ3n) is 1.79. The van der Waals surface area contributed by atoms with Gasteiger partial charge in [-0.15, -0.1) is 0 Å². The Bertz CT molecular complexity index is 201. The summed E-state index contributed by atoms with van der Waals surface area (Å²) in [6, 6.07) is 10.6. The Kier molecular flexibility index (Phi) is 1.44. The highest BCUT2D eigenvalue weighted by atomic mass is 15.2. The Morgan fingerprint density at radius 1 is 1.10 bits per heavy atom. The lowest BCUT2D eigenvalue weighted by atomic mass is 10.2. The summed E-state index contributed by atoms with van der Waals surface area (Å²) in [5.74, 6) is 0. The summed E-state index contributed by atoms with van der Waals surface area (Å²) in [6.45, 7) is 3.71. The van der Waals surface area contributed by atoms with Gasteiger partial charge in [-0.2, -0.15) is 4.90 Å². The second kappa shape index (κ2) is 2.43. The molecule has 51 valence electrons. The lowest BCUT2D eigenvalue weighted by Crippen LogP contribution is -2.01. The minimum atomic E-state index is 1.14. The molecule has 10 heavy (non-hydrogen) atoms. The third kappa shape index (κ3) is 1.36. The topological polar surface area (TPSA) is 5.90 Å². The molecule has 1 saturated heterocycles. The molecule has 2 rings (SSSR count). The summed E-state index contributed by atoms with van der Waals surface area (Å²) in [6.07, 6.45) is 0. The monoisotopic (exact) mass is 133 g/mol. The highest BCUT2D eigenvalue weighted by Crippen LogP contribution is 2.07. The predicted octanol–water partition coefficient (Wildman–Crippen LogP) is 1.34. The lowest BCUT2D eigenvalue weighted by molar-refractivity contribution is 0.718. The van der Waals surface area contributed by atoms with Gasteiger partial charge in [-0.05, 0) is 0 Å². The largest absolute Gasteiger partial charge is 0.177 e. The molecule has 0 unspecified atom stereocenters. The van der Waals surface area contributed by atoms with E-state index in [1.54, 1.807) is 0 Å². The van der Waals surface area contributed by atoms with Crippen LogP contribution in [0.25, 0.3) is 0 Å². The fourth-order valence-electron chi connectivity index (χ4n) is 1.07. The minimum absolute atomic E-state index is 1.14. The van der Waals surface area contributed by atoms with Crippen molar-refractivity contribution in [3.63, 3.8) is 0 Å². The van der Waals surface area contributed by atoms with Crippen LogP contribution in [0.3, 0.4) is 0 Å². The molecule has 0 saturated carbocycles. The standard InChI is InChI=1S/C9H11N/c1-2-4-9(5-3-1)8-10-6-7-10/h1-5H,6-8H2/q+1. The number of nitrogens with zero attached hydrogens (tertiary/aromatic N) is 1. The molecule has 0 aliphatic carbocycles. The molecule has 1 heteroatoms. The zero-order valence-electron chi connectivity index (χ0n) is 5.96. The number of hydrogen-bond donors (Lipinski definition) is 0. The molecule has 1 aliphatic rings. The van der Waals surface area contributed by atoms with Crippen molar-refractivity contribution in [3.8, 4) is 0 Å². The molecular formula is C9H11N+. The van der Waals surface area contributed by atoms with Gasteiger partial charge in [-0.3, -0.25) is 0 Å². The summed E-state index contributed by atoms with van der Waals surface area (Å²) in [4.78, 5) is 2.41. The van der Waals surface area contributed by atoms with Crippen LogP contribution in [0.4, 0.5) is 0 Å². The van der Waals surface area contributed by atoms with E-state index < -0.39 is 0 Å². The van der Waals surface area contributed by atoms with Crippen molar-refractivity contribution < 1.29 is 0 Å². The molecular weight excluding hydrogens is 122 g/mol. The molecule has 1 fully saturated rings. The van der Waals surface area contributed by atoms with E-state index in [9.17, 15) is 0 Å². The van der Waals surface area contributed by atoms with Crippen molar-refractivity contribution in [2.75, 3.05) is 13.1 Å². The number of hydrogen-bond acceptors (Lipinski definition) is 1. The average Bonchev–Trinajstić information content (AvgIpc) is 2.74. The Morgan fingerprint density at radius 3 is 2.40 bits per heavy atom. The minimum Gasteiger partial charge on any atom is -0.154 e. The van der Waals surface area contributed by atoms with Gasteiger partial charge in [0.25, 0.3) is 0 Å². The quantitative estimate of drug-likeness (QED) is 0.424. The lowest BCUT2D eigenvalue weighted by Gasteiger charge is -1.91. The Morgan fingerprint density at radius 2 is 1.80 bits per heavy atom. The number of benzene rings is 1. The van der Waals surface area contributed by atoms with E-state index in [1.165, 1.54) is 18.7 Å². The SMILES string of the molecule is c1ccc(C[N+]2CC2)cc1. The van der Waals surface area contributed by atoms with Crippen molar-refractivity contribution in [1.82, 2.24) is 4.90 Å². The summed E-state index contributed by atoms with van der Waals surface area (Å²) in [5.41, 5.74) is 1.43. The first kappa shape index (κ1) is 5.93. The van der Waals surface area contributed by atoms with E-state index in [-0.39, 0.29) is 0 Å². The first-order valence-electron chi connectivity index (χ1n) is 3.71. The van der Waals surface area contributed by atoms with Gasteiger partial charge in [0.15, 0.2) is 13.1 Å². The first-order chi connectivity index (χ1) is 4.95. The van der Waals surface area contributed by atoms with Gasteiger partial charge in [0, 0.05) is 5.56 Å². The summed E-state index contributed by atoms with van der Waals surface area (Å²) < 4.78 is 0. The van der Waals surface area contributed by atoms with Crippen LogP contribution >= 0.6 is 0 Å². The fraction of sp³-hybridized carbons (Fsp3) is 0.333. The maximum Gasteiger partial charge on any atom is 0.177 e. The molecule has 0 bridgehead atoms. The van der Waals surface area contributed by atoms with Gasteiger partial charge in [-0.25, -0.2) is 0 Å². The fourth-order valence-corrected chi connectivity index (χ4v) is 1.07. The van der Waals surface area contributed by atoms with E-state index in [0.29, 0.717) is 0 Å². The summed E-state index contributed by atoms with van der Waals surface area (Å²) >= 11 is 0. The third-order valence-corrected chi connectivity index (χ3v) is 1.79. The van der Waals surface area contributed by atoms with Gasteiger partial charge >= 0.3 is 0 Å². The molecule has 0 atom stereocenters. The first-order valence-corrected chi connectivity index (χ1v) is 3.71. The van der Waals surface area contributed by atoms with Crippen molar-refractivity contribution in [1.29, 1.82) is 0 Å². The van der Waals surface area contributed by atoms with Crippen molar-refractivity contribution in [2.24, 2.45) is 0 Å². The normalized spacial score (nSPS) is 17.2. The Balaban J connectivity index is 2.03. The van der Waals surface area contributed by atoms with Crippen LogP contribution in [-0.2, 0) is 6.54 Å². The predicted molar refractivity (Wildman–Crippen MR) is 42.0 cm³/mol. The average molecular weight is 133 g/mol. The molecule has 0 N–H and O–H groups in total. The van der Waals surface area contributed by atoms with Gasteiger partial charge in [0.05, 0.1) is 0 Å². The van der Waals surface area contributed by atoms with Crippen LogP contribution in [0.15, 0.2) is 30.3 Å². The van der Waals surface area contributed by atoms with Crippen molar-refractivity contribution in [3.05, 3.63) is 35.9 Å². The van der Waals surface area contributed by atoms with Crippen LogP contribution in [0.2, 0.25) is 0 Å². The van der Waals surface area contributed by atoms with Gasteiger partial charge in [0.2, 0.25) is 0 Å². The second-order valence-corrected chi connectivity index (χ2v) is 2.76. The molecule has 0 aromatic heterocycles. The molecule has 1 heterocycles. The summed E-state index contributed by atoms with van der Waals surface area (Å²) in [7, 11) is 0. The smallest absolute Gasteiger partial charge is 0.154 e. The van der Waals surface area contributed by atoms with Gasteiger partial charge < -0.3 is 0 Å². The van der Waals surface area contributed by atoms with Crippen LogP contribution < -0.4 is 4.90 Å². The van der Waals surface area contributed by atoms with Gasteiger partial charge in [-0.1, -0.05) is 30.3 Å². The molecule has 0 spiro atoms. The van der Waals surface area contributed by atoms with E-state index in [4.69, 9.17) is 0 Å². The van der Waals surface area contributed by atoms with Crippen molar-refractivity contribution in [2.45, 2.75) is 6.54 Å². The zero-order chi connectivity index (χ0) is 6.81. The second-order valence-electron chi connectivity index (χ2n) is 2.76. The zero-order valence-corrected chi connectivity index (χ0v) is 5.96. The van der Waals surface area contributed by atoms with Crippen LogP contribution in [0, 0.1) is 0 Å². The van der Waals surface area contributed by atoms with E-state index in [1.807, 2.05) is 0 Å². The van der Waals surface area contributed by atoms with E-state index in [2.05, 4.69) is 35.2 Å². The Hall–Kier alpha value is -0.820. The Labute approximate surface area is 61.3 Å². The molecule has 1 aliphatic heterocycles. The van der Waals surface area contributed by atoms with E-state index in [0.717, 1.165) is 6.54 Å². The maximum atomic E-state index is 2.41. The molecule has 1 radical (unpaired) electrons. The molecule has 1 aromatic rings. The van der Waals surface area contributed by atoms with Gasteiger partial charge in [0.1, 0.15) is 6.54 Å². The maximum absolute atomic E-state index is 2.41. The highest BCUT2D eigenvalue weighted by molar-refractivity contribution is 5.15. The van der Waals surface area contributed by atoms with Crippen LogP contribution in [0.1, 0.15) is 5.56 Å². The van der Waals surface area contributed by atoms with E-state index >= 15 is 0 Å². The van der Waals surface area contributed by atoms with Crippen LogP contribution in [-0.4, -0.2) is 13.1 Å². The summed E-state index contributed by atoms with van der Waals surface area (Å²) in [5, 5.41) is 0. The number of rotatable bonds is 2. The highest BCUT2D eigenvalue weighted by Gasteiger charge is 2.30. The molecule has 0 amide bonds. The molecule has 1 nitrogen and oxygen atoms in total. The molecule has 1 aromatic carbocycles.